The third-order valence-electron chi connectivity index (χ3n) is 1.79. The van der Waals surface area contributed by atoms with Crippen molar-refractivity contribution in [2.75, 3.05) is 0 Å². The molecule has 0 radical (unpaired) electrons. The summed E-state index contributed by atoms with van der Waals surface area (Å²) in [4.78, 5) is 10.3. The van der Waals surface area contributed by atoms with Crippen LogP contribution in [0.4, 0.5) is 4.79 Å². The molecule has 0 aliphatic rings. The quantitative estimate of drug-likeness (QED) is 0.562. The largest absolute Gasteiger partial charge is 0.511 e. The fraction of sp³-hybridized carbons (Fsp3) is 0.300. The van der Waals surface area contributed by atoms with Crippen molar-refractivity contribution in [3.8, 4) is 5.75 Å². The van der Waals surface area contributed by atoms with Crippen molar-refractivity contribution in [1.82, 2.24) is 0 Å². The van der Waals surface area contributed by atoms with Gasteiger partial charge in [-0.1, -0.05) is 24.6 Å². The standard InChI is InChI=1S/C10H12O3/c1-3-8-6-7(2)4-5-9(8)13-10(11)12/h4-6H,3H2,1-2H3,(H,11,12). The molecule has 0 bridgehead atoms. The van der Waals surface area contributed by atoms with E-state index in [2.05, 4.69) is 4.74 Å². The zero-order chi connectivity index (χ0) is 9.84. The van der Waals surface area contributed by atoms with Gasteiger partial charge in [-0.2, -0.15) is 0 Å². The van der Waals surface area contributed by atoms with Crippen LogP contribution in [0.5, 0.6) is 5.75 Å². The molecule has 0 aromatic heterocycles. The smallest absolute Gasteiger partial charge is 0.449 e. The monoisotopic (exact) mass is 180 g/mol. The van der Waals surface area contributed by atoms with Gasteiger partial charge in [0, 0.05) is 0 Å². The van der Waals surface area contributed by atoms with Gasteiger partial charge < -0.3 is 9.84 Å². The third-order valence-corrected chi connectivity index (χ3v) is 1.79. The van der Waals surface area contributed by atoms with Gasteiger partial charge in [0.15, 0.2) is 0 Å². The molecule has 0 saturated carbocycles. The highest BCUT2D eigenvalue weighted by Crippen LogP contribution is 2.20. The van der Waals surface area contributed by atoms with E-state index in [-0.39, 0.29) is 0 Å². The maximum Gasteiger partial charge on any atom is 0.511 e. The van der Waals surface area contributed by atoms with Crippen LogP contribution in [0.3, 0.4) is 0 Å². The zero-order valence-electron chi connectivity index (χ0n) is 7.70. The average molecular weight is 180 g/mol. The molecule has 0 fully saturated rings. The van der Waals surface area contributed by atoms with Crippen molar-refractivity contribution in [2.24, 2.45) is 0 Å². The van der Waals surface area contributed by atoms with Crippen molar-refractivity contribution < 1.29 is 14.6 Å². The fourth-order valence-electron chi connectivity index (χ4n) is 1.18. The summed E-state index contributed by atoms with van der Waals surface area (Å²) >= 11 is 0. The summed E-state index contributed by atoms with van der Waals surface area (Å²) in [6.45, 7) is 3.92. The first-order valence-corrected chi connectivity index (χ1v) is 4.13. The Kier molecular flexibility index (Phi) is 2.90. The molecule has 0 unspecified atom stereocenters. The molecule has 70 valence electrons. The third kappa shape index (κ3) is 2.47. The first kappa shape index (κ1) is 9.58. The van der Waals surface area contributed by atoms with Crippen molar-refractivity contribution in [2.45, 2.75) is 20.3 Å². The Labute approximate surface area is 77.0 Å². The Balaban J connectivity index is 2.99. The van der Waals surface area contributed by atoms with E-state index in [1.165, 1.54) is 0 Å². The molecule has 0 atom stereocenters. The zero-order valence-corrected chi connectivity index (χ0v) is 7.70. The Bertz CT molecular complexity index is 318. The maximum absolute atomic E-state index is 10.3. The molecule has 0 saturated heterocycles. The number of aryl methyl sites for hydroxylation is 2. The van der Waals surface area contributed by atoms with Gasteiger partial charge in [0.2, 0.25) is 0 Å². The summed E-state index contributed by atoms with van der Waals surface area (Å²) in [5.74, 6) is 0.431. The lowest BCUT2D eigenvalue weighted by atomic mass is 10.1. The number of benzene rings is 1. The summed E-state index contributed by atoms with van der Waals surface area (Å²) in [6, 6.07) is 5.44. The Morgan fingerprint density at radius 1 is 1.54 bits per heavy atom. The number of carboxylic acid groups (broad SMARTS) is 1. The van der Waals surface area contributed by atoms with Crippen LogP contribution in [0.2, 0.25) is 0 Å². The van der Waals surface area contributed by atoms with E-state index in [1.807, 2.05) is 26.0 Å². The van der Waals surface area contributed by atoms with Gasteiger partial charge in [0.25, 0.3) is 0 Å². The lowest BCUT2D eigenvalue weighted by Gasteiger charge is -2.06. The fourth-order valence-corrected chi connectivity index (χ4v) is 1.18. The molecule has 0 amide bonds. The first-order valence-electron chi connectivity index (χ1n) is 4.13. The van der Waals surface area contributed by atoms with Crippen molar-refractivity contribution in [3.05, 3.63) is 29.3 Å². The highest BCUT2D eigenvalue weighted by Gasteiger charge is 2.05. The van der Waals surface area contributed by atoms with E-state index in [0.717, 1.165) is 17.5 Å². The summed E-state index contributed by atoms with van der Waals surface area (Å²) in [5, 5.41) is 8.43. The molecule has 0 spiro atoms. The Hall–Kier alpha value is -1.51. The molecule has 3 heteroatoms. The second-order valence-corrected chi connectivity index (χ2v) is 2.83. The van der Waals surface area contributed by atoms with Crippen LogP contribution in [0, 0.1) is 6.92 Å². The molecular formula is C10H12O3. The molecular weight excluding hydrogens is 168 g/mol. The number of rotatable bonds is 2. The van der Waals surface area contributed by atoms with Gasteiger partial charge in [0.05, 0.1) is 0 Å². The van der Waals surface area contributed by atoms with Gasteiger partial charge in [-0.15, -0.1) is 0 Å². The lowest BCUT2D eigenvalue weighted by Crippen LogP contribution is -2.05. The maximum atomic E-state index is 10.3. The Morgan fingerprint density at radius 3 is 2.77 bits per heavy atom. The molecule has 0 aliphatic carbocycles. The lowest BCUT2D eigenvalue weighted by molar-refractivity contribution is 0.144. The van der Waals surface area contributed by atoms with Crippen LogP contribution in [-0.2, 0) is 6.42 Å². The summed E-state index contributed by atoms with van der Waals surface area (Å²) < 4.78 is 4.61. The van der Waals surface area contributed by atoms with Gasteiger partial charge >= 0.3 is 6.16 Å². The minimum Gasteiger partial charge on any atom is -0.449 e. The average Bonchev–Trinajstić information content (AvgIpc) is 2.07. The van der Waals surface area contributed by atoms with E-state index in [0.29, 0.717) is 5.75 Å². The van der Waals surface area contributed by atoms with E-state index < -0.39 is 6.16 Å². The van der Waals surface area contributed by atoms with Crippen molar-refractivity contribution in [1.29, 1.82) is 0 Å². The number of hydrogen-bond acceptors (Lipinski definition) is 2. The van der Waals surface area contributed by atoms with Gasteiger partial charge in [-0.3, -0.25) is 0 Å². The topological polar surface area (TPSA) is 46.5 Å². The van der Waals surface area contributed by atoms with Gasteiger partial charge in [-0.05, 0) is 25.0 Å². The summed E-state index contributed by atoms with van der Waals surface area (Å²) in [7, 11) is 0. The predicted molar refractivity (Wildman–Crippen MR) is 49.2 cm³/mol. The molecule has 3 nitrogen and oxygen atoms in total. The van der Waals surface area contributed by atoms with E-state index in [1.54, 1.807) is 6.07 Å². The second-order valence-electron chi connectivity index (χ2n) is 2.83. The van der Waals surface area contributed by atoms with Crippen LogP contribution >= 0.6 is 0 Å². The molecule has 1 aromatic carbocycles. The van der Waals surface area contributed by atoms with E-state index >= 15 is 0 Å². The molecule has 0 heterocycles. The summed E-state index contributed by atoms with van der Waals surface area (Å²) in [6.07, 6.45) is -0.497. The van der Waals surface area contributed by atoms with Crippen LogP contribution in [0.15, 0.2) is 18.2 Å². The van der Waals surface area contributed by atoms with E-state index in [9.17, 15) is 4.79 Å². The van der Waals surface area contributed by atoms with E-state index in [4.69, 9.17) is 5.11 Å². The van der Waals surface area contributed by atoms with Crippen LogP contribution in [0.25, 0.3) is 0 Å². The minimum absolute atomic E-state index is 0.431. The van der Waals surface area contributed by atoms with Gasteiger partial charge in [-0.25, -0.2) is 4.79 Å². The van der Waals surface area contributed by atoms with Crippen LogP contribution < -0.4 is 4.74 Å². The number of hydrogen-bond donors (Lipinski definition) is 1. The number of carbonyl (C=O) groups is 1. The predicted octanol–water partition coefficient (Wildman–Crippen LogP) is 2.61. The van der Waals surface area contributed by atoms with Crippen molar-refractivity contribution in [3.63, 3.8) is 0 Å². The van der Waals surface area contributed by atoms with Crippen LogP contribution in [-0.4, -0.2) is 11.3 Å². The SMILES string of the molecule is CCc1cc(C)ccc1OC(=O)O. The normalized spacial score (nSPS) is 9.69. The first-order chi connectivity index (χ1) is 6.13. The molecule has 0 aliphatic heterocycles. The molecule has 1 aromatic rings. The number of ether oxygens (including phenoxy) is 1. The Morgan fingerprint density at radius 2 is 2.23 bits per heavy atom. The summed E-state index contributed by atoms with van der Waals surface area (Å²) in [5.41, 5.74) is 2.02. The minimum atomic E-state index is -1.27. The highest BCUT2D eigenvalue weighted by molar-refractivity contribution is 5.62. The molecule has 13 heavy (non-hydrogen) atoms. The molecule has 1 N–H and O–H groups in total. The highest BCUT2D eigenvalue weighted by atomic mass is 16.7. The molecule has 1 rings (SSSR count). The van der Waals surface area contributed by atoms with Crippen molar-refractivity contribution >= 4 is 6.16 Å². The van der Waals surface area contributed by atoms with Gasteiger partial charge in [0.1, 0.15) is 5.75 Å². The second kappa shape index (κ2) is 3.94. The van der Waals surface area contributed by atoms with Crippen LogP contribution in [0.1, 0.15) is 18.1 Å².